The summed E-state index contributed by atoms with van der Waals surface area (Å²) in [5.74, 6) is 0.554. The van der Waals surface area contributed by atoms with Crippen LogP contribution in [0.3, 0.4) is 0 Å². The Morgan fingerprint density at radius 2 is 2.07 bits per heavy atom. The third-order valence-corrected chi connectivity index (χ3v) is 3.25. The van der Waals surface area contributed by atoms with Crippen molar-refractivity contribution in [2.45, 2.75) is 58.5 Å². The van der Waals surface area contributed by atoms with Gasteiger partial charge in [0.1, 0.15) is 12.1 Å². The van der Waals surface area contributed by atoms with Crippen molar-refractivity contribution in [2.75, 3.05) is 6.61 Å². The topological polar surface area (TPSA) is 38.3 Å². The molecular weight excluding hydrogens is 190 g/mol. The van der Waals surface area contributed by atoms with Crippen LogP contribution in [-0.2, 0) is 9.53 Å². The Kier molecular flexibility index (Phi) is 4.14. The number of ether oxygens (including phenoxy) is 1. The smallest absolute Gasteiger partial charge is 0.326 e. The molecule has 1 fully saturated rings. The average Bonchev–Trinajstić information content (AvgIpc) is 2.20. The molecule has 0 saturated carbocycles. The number of hydrogen-bond acceptors (Lipinski definition) is 3. The normalized spacial score (nSPS) is 25.4. The van der Waals surface area contributed by atoms with E-state index >= 15 is 0 Å². The van der Waals surface area contributed by atoms with E-state index < -0.39 is 5.54 Å². The van der Waals surface area contributed by atoms with Gasteiger partial charge in [-0.1, -0.05) is 27.7 Å². The van der Waals surface area contributed by atoms with Crippen molar-refractivity contribution in [3.63, 3.8) is 0 Å². The Hall–Kier alpha value is -0.570. The molecule has 1 heterocycles. The molecule has 0 aromatic heterocycles. The maximum Gasteiger partial charge on any atom is 0.326 e. The van der Waals surface area contributed by atoms with E-state index in [0.717, 1.165) is 19.3 Å². The second-order valence-electron chi connectivity index (χ2n) is 4.86. The molecule has 0 bridgehead atoms. The largest absolute Gasteiger partial charge is 0.463 e. The van der Waals surface area contributed by atoms with Crippen LogP contribution in [0.1, 0.15) is 47.0 Å². The summed E-state index contributed by atoms with van der Waals surface area (Å²) in [5, 5.41) is 3.47. The van der Waals surface area contributed by atoms with E-state index in [9.17, 15) is 4.79 Å². The summed E-state index contributed by atoms with van der Waals surface area (Å²) in [7, 11) is 0. The maximum absolute atomic E-state index is 11.7. The minimum absolute atomic E-state index is 0.0764. The van der Waals surface area contributed by atoms with Crippen molar-refractivity contribution in [2.24, 2.45) is 5.92 Å². The van der Waals surface area contributed by atoms with E-state index in [2.05, 4.69) is 19.2 Å². The van der Waals surface area contributed by atoms with Crippen LogP contribution >= 0.6 is 0 Å². The Balaban J connectivity index is 2.66. The van der Waals surface area contributed by atoms with Crippen molar-refractivity contribution in [1.29, 1.82) is 0 Å². The van der Waals surface area contributed by atoms with Crippen LogP contribution < -0.4 is 5.32 Å². The van der Waals surface area contributed by atoms with Crippen LogP contribution in [0.25, 0.3) is 0 Å². The van der Waals surface area contributed by atoms with E-state index in [1.807, 2.05) is 13.8 Å². The lowest BCUT2D eigenvalue weighted by Gasteiger charge is -2.39. The molecule has 1 N–H and O–H groups in total. The Morgan fingerprint density at radius 1 is 1.47 bits per heavy atom. The number of carbonyl (C=O) groups excluding carboxylic acids is 1. The Labute approximate surface area is 92.6 Å². The lowest BCUT2D eigenvalue weighted by atomic mass is 9.89. The van der Waals surface area contributed by atoms with Crippen molar-refractivity contribution in [3.05, 3.63) is 0 Å². The van der Waals surface area contributed by atoms with Crippen molar-refractivity contribution >= 4 is 5.97 Å². The van der Waals surface area contributed by atoms with Crippen LogP contribution in [0.2, 0.25) is 0 Å². The summed E-state index contributed by atoms with van der Waals surface area (Å²) >= 11 is 0. The quantitative estimate of drug-likeness (QED) is 0.727. The molecular formula is C12H23NO2. The molecule has 1 aliphatic rings. The minimum atomic E-state index is -0.433. The third-order valence-electron chi connectivity index (χ3n) is 3.25. The van der Waals surface area contributed by atoms with E-state index in [0.29, 0.717) is 18.6 Å². The zero-order valence-corrected chi connectivity index (χ0v) is 10.3. The van der Waals surface area contributed by atoms with Crippen LogP contribution in [0.5, 0.6) is 0 Å². The molecule has 0 aromatic carbocycles. The van der Waals surface area contributed by atoms with Gasteiger partial charge in [0.25, 0.3) is 0 Å². The molecule has 0 unspecified atom stereocenters. The first kappa shape index (κ1) is 12.5. The highest BCUT2D eigenvalue weighted by Crippen LogP contribution is 2.23. The second kappa shape index (κ2) is 4.97. The number of esters is 1. The molecule has 1 saturated heterocycles. The highest BCUT2D eigenvalue weighted by Gasteiger charge is 2.42. The van der Waals surface area contributed by atoms with Gasteiger partial charge in [-0.15, -0.1) is 0 Å². The van der Waals surface area contributed by atoms with Gasteiger partial charge in [0.15, 0.2) is 0 Å². The fourth-order valence-corrected chi connectivity index (χ4v) is 2.24. The molecule has 88 valence electrons. The van der Waals surface area contributed by atoms with Gasteiger partial charge < -0.3 is 4.74 Å². The van der Waals surface area contributed by atoms with Crippen molar-refractivity contribution in [1.82, 2.24) is 5.32 Å². The molecule has 1 aliphatic heterocycles. The van der Waals surface area contributed by atoms with Crippen LogP contribution in [-0.4, -0.2) is 24.2 Å². The zero-order valence-electron chi connectivity index (χ0n) is 10.3. The number of rotatable bonds is 4. The van der Waals surface area contributed by atoms with Gasteiger partial charge in [-0.2, -0.15) is 0 Å². The molecule has 1 rings (SSSR count). The number of carbonyl (C=O) groups is 1. The third kappa shape index (κ3) is 2.71. The van der Waals surface area contributed by atoms with E-state index in [-0.39, 0.29) is 5.97 Å². The summed E-state index contributed by atoms with van der Waals surface area (Å²) in [6, 6.07) is 0.322. The fourth-order valence-electron chi connectivity index (χ4n) is 2.24. The van der Waals surface area contributed by atoms with Crippen LogP contribution in [0, 0.1) is 5.92 Å². The molecule has 15 heavy (non-hydrogen) atoms. The first-order valence-electron chi connectivity index (χ1n) is 5.99. The van der Waals surface area contributed by atoms with E-state index in [4.69, 9.17) is 4.74 Å². The number of morpholine rings is 1. The predicted molar refractivity (Wildman–Crippen MR) is 60.7 cm³/mol. The van der Waals surface area contributed by atoms with Crippen LogP contribution in [0.4, 0.5) is 0 Å². The standard InChI is InChI=1S/C12H23NO2/c1-5-12(6-2)11(14)15-8-10(13-12)7-9(3)4/h9-10,13H,5-8H2,1-4H3/t10-/m1/s1. The average molecular weight is 213 g/mol. The molecule has 1 atom stereocenters. The molecule has 3 nitrogen and oxygen atoms in total. The van der Waals surface area contributed by atoms with Gasteiger partial charge in [0.05, 0.1) is 0 Å². The lowest BCUT2D eigenvalue weighted by molar-refractivity contribution is -0.159. The first-order valence-corrected chi connectivity index (χ1v) is 5.99. The SMILES string of the molecule is CCC1(CC)N[C@H](CC(C)C)COC1=O. The van der Waals surface area contributed by atoms with Gasteiger partial charge >= 0.3 is 5.97 Å². The lowest BCUT2D eigenvalue weighted by Crippen LogP contribution is -2.61. The van der Waals surface area contributed by atoms with Gasteiger partial charge in [0, 0.05) is 6.04 Å². The van der Waals surface area contributed by atoms with Gasteiger partial charge in [0.2, 0.25) is 0 Å². The summed E-state index contributed by atoms with van der Waals surface area (Å²) in [5.41, 5.74) is -0.433. The summed E-state index contributed by atoms with van der Waals surface area (Å²) in [4.78, 5) is 11.7. The molecule has 0 aliphatic carbocycles. The van der Waals surface area contributed by atoms with E-state index in [1.54, 1.807) is 0 Å². The highest BCUT2D eigenvalue weighted by molar-refractivity contribution is 5.81. The number of nitrogens with one attached hydrogen (secondary N) is 1. The summed E-state index contributed by atoms with van der Waals surface area (Å²) < 4.78 is 5.29. The predicted octanol–water partition coefficient (Wildman–Crippen LogP) is 2.11. The fraction of sp³-hybridized carbons (Fsp3) is 0.917. The van der Waals surface area contributed by atoms with Crippen molar-refractivity contribution < 1.29 is 9.53 Å². The Bertz CT molecular complexity index is 222. The number of cyclic esters (lactones) is 1. The van der Waals surface area contributed by atoms with Crippen molar-refractivity contribution in [3.8, 4) is 0 Å². The second-order valence-corrected chi connectivity index (χ2v) is 4.86. The first-order chi connectivity index (χ1) is 7.04. The molecule has 0 radical (unpaired) electrons. The number of hydrogen-bond donors (Lipinski definition) is 1. The van der Waals surface area contributed by atoms with Crippen LogP contribution in [0.15, 0.2) is 0 Å². The minimum Gasteiger partial charge on any atom is -0.463 e. The zero-order chi connectivity index (χ0) is 11.5. The highest BCUT2D eigenvalue weighted by atomic mass is 16.5. The van der Waals surface area contributed by atoms with Gasteiger partial charge in [-0.05, 0) is 25.2 Å². The molecule has 3 heteroatoms. The monoisotopic (exact) mass is 213 g/mol. The maximum atomic E-state index is 11.7. The van der Waals surface area contributed by atoms with Gasteiger partial charge in [-0.3, -0.25) is 10.1 Å². The summed E-state index contributed by atoms with van der Waals surface area (Å²) in [6.45, 7) is 8.99. The van der Waals surface area contributed by atoms with E-state index in [1.165, 1.54) is 0 Å². The van der Waals surface area contributed by atoms with Gasteiger partial charge in [-0.25, -0.2) is 0 Å². The molecule has 0 aromatic rings. The molecule has 0 spiro atoms. The summed E-state index contributed by atoms with van der Waals surface area (Å²) in [6.07, 6.45) is 2.67. The molecule has 0 amide bonds. The Morgan fingerprint density at radius 3 is 2.53 bits per heavy atom.